The summed E-state index contributed by atoms with van der Waals surface area (Å²) in [6, 6.07) is 10.7. The number of nitrogens with zero attached hydrogens (tertiary/aromatic N) is 1. The highest BCUT2D eigenvalue weighted by molar-refractivity contribution is 7.66. The molecule has 0 amide bonds. The molecule has 0 aliphatic heterocycles. The fraction of sp³-hybridized carbons (Fsp3) is 0.640. The molecule has 2 saturated carbocycles. The number of aromatic nitrogens is 1. The lowest BCUT2D eigenvalue weighted by Crippen LogP contribution is -2.35. The molecule has 0 spiro atoms. The molecule has 29 heavy (non-hydrogen) atoms. The van der Waals surface area contributed by atoms with E-state index in [0.29, 0.717) is 0 Å². The summed E-state index contributed by atoms with van der Waals surface area (Å²) in [5.74, 6) is 0. The molecule has 2 aliphatic carbocycles. The molecule has 1 heterocycles. The predicted octanol–water partition coefficient (Wildman–Crippen LogP) is 7.20. The third kappa shape index (κ3) is 4.71. The lowest BCUT2D eigenvalue weighted by atomic mass is 9.99. The van der Waals surface area contributed by atoms with Gasteiger partial charge in [0.2, 0.25) is 0 Å². The zero-order chi connectivity index (χ0) is 20.4. The molecule has 0 unspecified atom stereocenters. The first kappa shape index (κ1) is 20.9. The van der Waals surface area contributed by atoms with E-state index < -0.39 is 5.60 Å². The van der Waals surface area contributed by atoms with Gasteiger partial charge in [-0.1, -0.05) is 64.6 Å². The molecule has 0 saturated heterocycles. The van der Waals surface area contributed by atoms with Crippen LogP contribution in [0.15, 0.2) is 30.3 Å². The van der Waals surface area contributed by atoms with Crippen molar-refractivity contribution >= 4 is 30.4 Å². The number of para-hydroxylation sites is 1. The summed E-state index contributed by atoms with van der Waals surface area (Å²) in [6.45, 7) is 5.88. The maximum Gasteiger partial charge on any atom is 0.419 e. The van der Waals surface area contributed by atoms with Crippen molar-refractivity contribution in [2.24, 2.45) is 0 Å². The van der Waals surface area contributed by atoms with Crippen molar-refractivity contribution in [1.29, 1.82) is 0 Å². The summed E-state index contributed by atoms with van der Waals surface area (Å²) < 4.78 is 7.84. The van der Waals surface area contributed by atoms with Gasteiger partial charge in [-0.25, -0.2) is 9.36 Å². The zero-order valence-electron chi connectivity index (χ0n) is 18.3. The molecular formula is C25H36NO2P. The van der Waals surface area contributed by atoms with E-state index in [9.17, 15) is 4.79 Å². The molecule has 2 aromatic rings. The van der Waals surface area contributed by atoms with Gasteiger partial charge in [0, 0.05) is 5.39 Å². The molecule has 3 nitrogen and oxygen atoms in total. The molecular weight excluding hydrogens is 377 g/mol. The Morgan fingerprint density at radius 1 is 0.931 bits per heavy atom. The van der Waals surface area contributed by atoms with Crippen LogP contribution in [0.4, 0.5) is 4.79 Å². The van der Waals surface area contributed by atoms with Crippen molar-refractivity contribution in [2.45, 2.75) is 102 Å². The topological polar surface area (TPSA) is 31.2 Å². The van der Waals surface area contributed by atoms with Gasteiger partial charge in [-0.3, -0.25) is 0 Å². The monoisotopic (exact) mass is 413 g/mol. The normalized spacial score (nSPS) is 19.7. The van der Waals surface area contributed by atoms with Crippen LogP contribution in [-0.4, -0.2) is 27.6 Å². The second-order valence-corrected chi connectivity index (χ2v) is 12.6. The lowest BCUT2D eigenvalue weighted by Gasteiger charge is -2.38. The Hall–Kier alpha value is -1.34. The first-order chi connectivity index (χ1) is 13.9. The number of fused-ring (bicyclic) bond motifs is 1. The molecule has 0 N–H and O–H groups in total. The van der Waals surface area contributed by atoms with E-state index >= 15 is 0 Å². The van der Waals surface area contributed by atoms with Gasteiger partial charge in [-0.05, 0) is 69.9 Å². The van der Waals surface area contributed by atoms with Crippen molar-refractivity contribution in [1.82, 2.24) is 4.57 Å². The van der Waals surface area contributed by atoms with Crippen molar-refractivity contribution in [3.8, 4) is 0 Å². The minimum atomic E-state index is -0.488. The second kappa shape index (κ2) is 8.80. The molecule has 2 aliphatic rings. The number of carbonyl (C=O) groups is 1. The van der Waals surface area contributed by atoms with Crippen molar-refractivity contribution in [3.05, 3.63) is 30.3 Å². The van der Waals surface area contributed by atoms with Crippen LogP contribution in [0, 0.1) is 0 Å². The van der Waals surface area contributed by atoms with Gasteiger partial charge in [0.1, 0.15) is 5.60 Å². The van der Waals surface area contributed by atoms with Crippen LogP contribution in [0.25, 0.3) is 10.9 Å². The zero-order valence-corrected chi connectivity index (χ0v) is 19.2. The van der Waals surface area contributed by atoms with Gasteiger partial charge >= 0.3 is 6.09 Å². The summed E-state index contributed by atoms with van der Waals surface area (Å²) in [6.07, 6.45) is 13.3. The summed E-state index contributed by atoms with van der Waals surface area (Å²) in [5, 5.41) is 1.17. The Bertz CT molecular complexity index is 820. The minimum absolute atomic E-state index is 0.201. The Morgan fingerprint density at radius 2 is 1.48 bits per heavy atom. The van der Waals surface area contributed by atoms with Crippen LogP contribution in [0.5, 0.6) is 0 Å². The van der Waals surface area contributed by atoms with Crippen LogP contribution >= 0.6 is 7.92 Å². The Kier molecular flexibility index (Phi) is 6.35. The quantitative estimate of drug-likeness (QED) is 0.498. The Balaban J connectivity index is 1.81. The van der Waals surface area contributed by atoms with Crippen LogP contribution in [0.1, 0.15) is 85.0 Å². The molecule has 0 bridgehead atoms. The van der Waals surface area contributed by atoms with E-state index in [0.717, 1.165) is 16.8 Å². The highest BCUT2D eigenvalue weighted by Crippen LogP contribution is 2.55. The van der Waals surface area contributed by atoms with Gasteiger partial charge in [0.25, 0.3) is 0 Å². The van der Waals surface area contributed by atoms with Gasteiger partial charge in [0.05, 0.1) is 11.0 Å². The lowest BCUT2D eigenvalue weighted by molar-refractivity contribution is 0.0549. The number of ether oxygens (including phenoxy) is 1. The maximum absolute atomic E-state index is 13.4. The van der Waals surface area contributed by atoms with E-state index in [1.807, 2.05) is 31.4 Å². The van der Waals surface area contributed by atoms with Crippen LogP contribution in [0.2, 0.25) is 0 Å². The number of hydrogen-bond donors (Lipinski definition) is 0. The highest BCUT2D eigenvalue weighted by Gasteiger charge is 2.36. The SMILES string of the molecule is CC(C)(C)OC(=O)n1c(P(C2CCCCC2)C2CCCCC2)cc2ccccc21. The summed E-state index contributed by atoms with van der Waals surface area (Å²) in [4.78, 5) is 13.4. The third-order valence-corrected chi connectivity index (χ3v) is 9.93. The molecule has 0 radical (unpaired) electrons. The number of carbonyl (C=O) groups excluding carboxylic acids is 1. The van der Waals surface area contributed by atoms with Gasteiger partial charge in [-0.2, -0.15) is 0 Å². The molecule has 4 heteroatoms. The summed E-state index contributed by atoms with van der Waals surface area (Å²) in [7, 11) is -0.372. The largest absolute Gasteiger partial charge is 0.443 e. The second-order valence-electron chi connectivity index (χ2n) is 9.87. The van der Waals surface area contributed by atoms with Crippen LogP contribution in [0.3, 0.4) is 0 Å². The minimum Gasteiger partial charge on any atom is -0.443 e. The molecule has 4 rings (SSSR count). The number of hydrogen-bond acceptors (Lipinski definition) is 2. The standard InChI is InChI=1S/C25H36NO2P/c1-25(2,3)28-24(27)26-22-17-11-10-12-19(22)18-23(26)29(20-13-6-4-7-14-20)21-15-8-5-9-16-21/h10-12,17-18,20-21H,4-9,13-16H2,1-3H3. The van der Waals surface area contributed by atoms with Crippen LogP contribution < -0.4 is 5.44 Å². The average Bonchev–Trinajstić information content (AvgIpc) is 3.07. The Morgan fingerprint density at radius 3 is 2.03 bits per heavy atom. The van der Waals surface area contributed by atoms with Gasteiger partial charge in [-0.15, -0.1) is 0 Å². The molecule has 2 fully saturated rings. The molecule has 1 aromatic carbocycles. The summed E-state index contributed by atoms with van der Waals surface area (Å²) >= 11 is 0. The van der Waals surface area contributed by atoms with E-state index in [-0.39, 0.29) is 14.0 Å². The smallest absolute Gasteiger partial charge is 0.419 e. The van der Waals surface area contributed by atoms with Crippen LogP contribution in [-0.2, 0) is 4.74 Å². The molecule has 0 atom stereocenters. The van der Waals surface area contributed by atoms with Gasteiger partial charge < -0.3 is 4.74 Å². The third-order valence-electron chi connectivity index (χ3n) is 6.47. The fourth-order valence-electron chi connectivity index (χ4n) is 5.22. The molecule has 158 valence electrons. The number of rotatable bonds is 3. The Labute approximate surface area is 176 Å². The fourth-order valence-corrected chi connectivity index (χ4v) is 9.12. The highest BCUT2D eigenvalue weighted by atomic mass is 31.1. The predicted molar refractivity (Wildman–Crippen MR) is 124 cm³/mol. The van der Waals surface area contributed by atoms with Crippen molar-refractivity contribution in [3.63, 3.8) is 0 Å². The van der Waals surface area contributed by atoms with E-state index in [1.54, 1.807) is 0 Å². The maximum atomic E-state index is 13.4. The first-order valence-corrected chi connectivity index (χ1v) is 13.0. The average molecular weight is 414 g/mol. The number of benzene rings is 1. The van der Waals surface area contributed by atoms with Crippen molar-refractivity contribution < 1.29 is 9.53 Å². The summed E-state index contributed by atoms with van der Waals surface area (Å²) in [5.41, 5.74) is 3.31. The first-order valence-electron chi connectivity index (χ1n) is 11.6. The van der Waals surface area contributed by atoms with E-state index in [2.05, 4.69) is 24.3 Å². The van der Waals surface area contributed by atoms with E-state index in [4.69, 9.17) is 4.74 Å². The van der Waals surface area contributed by atoms with Crippen molar-refractivity contribution in [2.75, 3.05) is 0 Å². The van der Waals surface area contributed by atoms with E-state index in [1.165, 1.54) is 75.0 Å². The van der Waals surface area contributed by atoms with Gasteiger partial charge in [0.15, 0.2) is 0 Å². The molecule has 1 aromatic heterocycles.